The van der Waals surface area contributed by atoms with E-state index in [9.17, 15) is 9.59 Å². The predicted octanol–water partition coefficient (Wildman–Crippen LogP) is 4.00. The highest BCUT2D eigenvalue weighted by Crippen LogP contribution is 2.27. The summed E-state index contributed by atoms with van der Waals surface area (Å²) in [5, 5.41) is 4.79. The molecule has 0 aliphatic carbocycles. The van der Waals surface area contributed by atoms with Crippen molar-refractivity contribution >= 4 is 40.5 Å². The van der Waals surface area contributed by atoms with E-state index >= 15 is 0 Å². The van der Waals surface area contributed by atoms with Gasteiger partial charge < -0.3 is 19.4 Å². The lowest BCUT2D eigenvalue weighted by atomic mass is 10.3. The smallest absolute Gasteiger partial charge is 0.350 e. The predicted molar refractivity (Wildman–Crippen MR) is 101 cm³/mol. The number of rotatable bonds is 6. The van der Waals surface area contributed by atoms with Gasteiger partial charge >= 0.3 is 5.97 Å². The Balaban J connectivity index is 1.59. The highest BCUT2D eigenvalue weighted by Gasteiger charge is 2.17. The molecule has 3 rings (SSSR count). The van der Waals surface area contributed by atoms with Crippen molar-refractivity contribution in [3.8, 4) is 11.4 Å². The third-order valence-corrected chi connectivity index (χ3v) is 4.66. The fourth-order valence-corrected chi connectivity index (χ4v) is 3.33. The van der Waals surface area contributed by atoms with Crippen molar-refractivity contribution in [2.45, 2.75) is 0 Å². The molecular weight excluding hydrogens is 376 g/mol. The molecule has 0 aliphatic heterocycles. The van der Waals surface area contributed by atoms with Crippen LogP contribution in [0.25, 0.3) is 5.69 Å². The quantitative estimate of drug-likeness (QED) is 0.646. The summed E-state index contributed by atoms with van der Waals surface area (Å²) in [6.45, 7) is -0.397. The molecule has 8 heteroatoms. The number of nitrogens with one attached hydrogen (secondary N) is 1. The first-order valence-electron chi connectivity index (χ1n) is 7.60. The Morgan fingerprint density at radius 2 is 2.00 bits per heavy atom. The van der Waals surface area contributed by atoms with Crippen LogP contribution in [0.4, 0.5) is 5.69 Å². The molecule has 0 bridgehead atoms. The van der Waals surface area contributed by atoms with Gasteiger partial charge in [0, 0.05) is 18.1 Å². The molecule has 2 heterocycles. The second-order valence-electron chi connectivity index (χ2n) is 5.20. The van der Waals surface area contributed by atoms with Crippen molar-refractivity contribution in [1.82, 2.24) is 4.57 Å². The van der Waals surface area contributed by atoms with Gasteiger partial charge in [-0.1, -0.05) is 11.6 Å². The van der Waals surface area contributed by atoms with Crippen LogP contribution < -0.4 is 10.1 Å². The first kappa shape index (κ1) is 18.0. The number of esters is 1. The zero-order valence-corrected chi connectivity index (χ0v) is 15.3. The third-order valence-electron chi connectivity index (χ3n) is 3.48. The summed E-state index contributed by atoms with van der Waals surface area (Å²) in [7, 11) is 1.51. The van der Waals surface area contributed by atoms with E-state index in [1.54, 1.807) is 23.6 Å². The van der Waals surface area contributed by atoms with E-state index in [0.29, 0.717) is 27.0 Å². The van der Waals surface area contributed by atoms with Crippen LogP contribution in [0.2, 0.25) is 5.02 Å². The number of aromatic nitrogens is 1. The summed E-state index contributed by atoms with van der Waals surface area (Å²) in [6.07, 6.45) is 3.66. The highest BCUT2D eigenvalue weighted by atomic mass is 35.5. The molecule has 2 aromatic heterocycles. The number of ether oxygens (including phenoxy) is 2. The number of carbonyl (C=O) groups excluding carboxylic acids is 2. The normalized spacial score (nSPS) is 10.4. The van der Waals surface area contributed by atoms with Gasteiger partial charge in [-0.25, -0.2) is 4.79 Å². The van der Waals surface area contributed by atoms with Gasteiger partial charge in [0.2, 0.25) is 0 Å². The molecule has 1 amide bonds. The Morgan fingerprint density at radius 3 is 2.69 bits per heavy atom. The van der Waals surface area contributed by atoms with Crippen LogP contribution in [0, 0.1) is 0 Å². The minimum absolute atomic E-state index is 0.372. The zero-order chi connectivity index (χ0) is 18.5. The van der Waals surface area contributed by atoms with E-state index in [0.717, 1.165) is 0 Å². The van der Waals surface area contributed by atoms with Crippen LogP contribution in [0.3, 0.4) is 0 Å². The van der Waals surface area contributed by atoms with Crippen molar-refractivity contribution in [3.05, 3.63) is 64.1 Å². The van der Waals surface area contributed by atoms with E-state index in [-0.39, 0.29) is 0 Å². The molecule has 0 saturated heterocycles. The maximum atomic E-state index is 12.3. The number of amides is 1. The van der Waals surface area contributed by atoms with Crippen molar-refractivity contribution in [3.63, 3.8) is 0 Å². The van der Waals surface area contributed by atoms with Crippen molar-refractivity contribution < 1.29 is 19.1 Å². The number of nitrogens with zero attached hydrogens (tertiary/aromatic N) is 1. The largest absolute Gasteiger partial charge is 0.495 e. The number of carbonyl (C=O) groups is 2. The first-order chi connectivity index (χ1) is 12.6. The van der Waals surface area contributed by atoms with E-state index in [1.807, 2.05) is 35.2 Å². The fraction of sp³-hybridized carbons (Fsp3) is 0.111. The lowest BCUT2D eigenvalue weighted by molar-refractivity contribution is -0.119. The Morgan fingerprint density at radius 1 is 1.23 bits per heavy atom. The molecule has 0 saturated carbocycles. The number of thiophene rings is 1. The van der Waals surface area contributed by atoms with Crippen LogP contribution in [0.1, 0.15) is 9.67 Å². The van der Waals surface area contributed by atoms with E-state index in [2.05, 4.69) is 5.32 Å². The van der Waals surface area contributed by atoms with Crippen molar-refractivity contribution in [1.29, 1.82) is 0 Å². The Kier molecular flexibility index (Phi) is 5.60. The standard InChI is InChI=1S/C18H15ClN2O4S/c1-24-15-5-4-12(10-13(15)19)20-16(22)11-25-18(23)17-14(6-9-26-17)21-7-2-3-8-21/h2-10H,11H2,1H3,(H,20,22). The van der Waals surface area contributed by atoms with E-state index < -0.39 is 18.5 Å². The van der Waals surface area contributed by atoms with Gasteiger partial charge in [0.15, 0.2) is 6.61 Å². The minimum atomic E-state index is -0.549. The van der Waals surface area contributed by atoms with Crippen LogP contribution in [0.5, 0.6) is 5.75 Å². The molecule has 0 atom stereocenters. The molecule has 6 nitrogen and oxygen atoms in total. The van der Waals surface area contributed by atoms with Gasteiger partial charge in [-0.2, -0.15) is 0 Å². The average molecular weight is 391 g/mol. The molecule has 0 unspecified atom stereocenters. The second kappa shape index (κ2) is 8.07. The Hall–Kier alpha value is -2.77. The number of halogens is 1. The fourth-order valence-electron chi connectivity index (χ4n) is 2.29. The Labute approximate surface area is 158 Å². The van der Waals surface area contributed by atoms with E-state index in [4.69, 9.17) is 21.1 Å². The van der Waals surface area contributed by atoms with Crippen LogP contribution in [0.15, 0.2) is 54.2 Å². The van der Waals surface area contributed by atoms with Gasteiger partial charge in [0.1, 0.15) is 10.6 Å². The van der Waals surface area contributed by atoms with Gasteiger partial charge in [-0.05, 0) is 41.8 Å². The topological polar surface area (TPSA) is 69.6 Å². The Bertz CT molecular complexity index is 921. The van der Waals surface area contributed by atoms with E-state index in [1.165, 1.54) is 18.4 Å². The lowest BCUT2D eigenvalue weighted by Crippen LogP contribution is -2.21. The first-order valence-corrected chi connectivity index (χ1v) is 8.85. The number of benzene rings is 1. The minimum Gasteiger partial charge on any atom is -0.495 e. The maximum absolute atomic E-state index is 12.3. The summed E-state index contributed by atoms with van der Waals surface area (Å²) in [4.78, 5) is 24.7. The average Bonchev–Trinajstić information content (AvgIpc) is 3.30. The number of methoxy groups -OCH3 is 1. The molecule has 0 spiro atoms. The molecule has 134 valence electrons. The van der Waals surface area contributed by atoms with Crippen molar-refractivity contribution in [2.75, 3.05) is 19.0 Å². The molecule has 1 N–H and O–H groups in total. The summed E-state index contributed by atoms with van der Waals surface area (Å²) in [6, 6.07) is 10.4. The summed E-state index contributed by atoms with van der Waals surface area (Å²) in [5.41, 5.74) is 1.20. The van der Waals surface area contributed by atoms with Gasteiger partial charge in [-0.15, -0.1) is 11.3 Å². The molecule has 0 aliphatic rings. The molecule has 0 radical (unpaired) electrons. The maximum Gasteiger partial charge on any atom is 0.350 e. The SMILES string of the molecule is COc1ccc(NC(=O)COC(=O)c2sccc2-n2cccc2)cc1Cl. The zero-order valence-electron chi connectivity index (χ0n) is 13.8. The molecule has 26 heavy (non-hydrogen) atoms. The van der Waals surface area contributed by atoms with Crippen molar-refractivity contribution in [2.24, 2.45) is 0 Å². The lowest BCUT2D eigenvalue weighted by Gasteiger charge is -2.09. The summed E-state index contributed by atoms with van der Waals surface area (Å²) in [5.74, 6) is -0.503. The van der Waals surface area contributed by atoms with Gasteiger partial charge in [-0.3, -0.25) is 4.79 Å². The molecule has 0 fully saturated rings. The van der Waals surface area contributed by atoms with Crippen LogP contribution in [-0.4, -0.2) is 30.2 Å². The molecule has 3 aromatic rings. The van der Waals surface area contributed by atoms with Crippen LogP contribution in [-0.2, 0) is 9.53 Å². The monoisotopic (exact) mass is 390 g/mol. The number of anilines is 1. The molecular formula is C18H15ClN2O4S. The summed E-state index contributed by atoms with van der Waals surface area (Å²) < 4.78 is 12.0. The molecule has 1 aromatic carbocycles. The highest BCUT2D eigenvalue weighted by molar-refractivity contribution is 7.12. The summed E-state index contributed by atoms with van der Waals surface area (Å²) >= 11 is 7.27. The third kappa shape index (κ3) is 4.07. The van der Waals surface area contributed by atoms with Crippen LogP contribution >= 0.6 is 22.9 Å². The number of hydrogen-bond acceptors (Lipinski definition) is 5. The van der Waals surface area contributed by atoms with Gasteiger partial charge in [0.05, 0.1) is 17.8 Å². The van der Waals surface area contributed by atoms with Gasteiger partial charge in [0.25, 0.3) is 5.91 Å². The second-order valence-corrected chi connectivity index (χ2v) is 6.52. The number of hydrogen-bond donors (Lipinski definition) is 1.